The molecule has 10 heteroatoms. The molecule has 1 aromatic heterocycles. The third-order valence-electron chi connectivity index (χ3n) is 7.42. The number of nitrogens with zero attached hydrogens (tertiary/aromatic N) is 2. The maximum atomic E-state index is 13.9. The molecule has 7 nitrogen and oxygen atoms in total. The second kappa shape index (κ2) is 11.9. The molecule has 2 aliphatic heterocycles. The lowest BCUT2D eigenvalue weighted by Gasteiger charge is -2.29. The molecule has 5 rings (SSSR count). The number of rotatable bonds is 8. The van der Waals surface area contributed by atoms with Crippen LogP contribution in [0.3, 0.4) is 0 Å². The van der Waals surface area contributed by atoms with Crippen LogP contribution in [-0.2, 0) is 6.42 Å². The third-order valence-corrected chi connectivity index (χ3v) is 8.49. The number of likely N-dealkylation sites (tertiary alicyclic amines) is 1. The average molecular weight is 555 g/mol. The summed E-state index contributed by atoms with van der Waals surface area (Å²) in [6, 6.07) is 8.57. The number of thiazole rings is 1. The molecule has 2 saturated heterocycles. The number of carbonyl (C=O) groups is 2. The minimum atomic E-state index is -0.972. The van der Waals surface area contributed by atoms with E-state index in [0.717, 1.165) is 49.0 Å². The molecule has 2 fully saturated rings. The highest BCUT2D eigenvalue weighted by molar-refractivity contribution is 7.09. The number of carbonyl (C=O) groups excluding carboxylic acids is 2. The molecule has 2 amide bonds. The number of benzene rings is 2. The first-order valence-electron chi connectivity index (χ1n) is 13.3. The summed E-state index contributed by atoms with van der Waals surface area (Å²) in [6.45, 7) is 3.30. The Kier molecular flexibility index (Phi) is 8.34. The molecular weight excluding hydrogens is 522 g/mol. The van der Waals surface area contributed by atoms with E-state index in [1.165, 1.54) is 12.1 Å². The molecule has 0 spiro atoms. The maximum absolute atomic E-state index is 13.9. The van der Waals surface area contributed by atoms with E-state index in [0.29, 0.717) is 17.7 Å². The first-order valence-corrected chi connectivity index (χ1v) is 14.2. The summed E-state index contributed by atoms with van der Waals surface area (Å²) >= 11 is 1.55. The maximum Gasteiger partial charge on any atom is 0.254 e. The third kappa shape index (κ3) is 6.34. The molecular formula is C29H32F2N4O3S. The summed E-state index contributed by atoms with van der Waals surface area (Å²) in [5.41, 5.74) is 1.92. The van der Waals surface area contributed by atoms with Crippen molar-refractivity contribution >= 4 is 23.2 Å². The predicted molar refractivity (Wildman–Crippen MR) is 145 cm³/mol. The quantitative estimate of drug-likeness (QED) is 0.389. The fourth-order valence-electron chi connectivity index (χ4n) is 5.53. The van der Waals surface area contributed by atoms with Gasteiger partial charge >= 0.3 is 0 Å². The number of halogens is 2. The Balaban J connectivity index is 1.34. The molecule has 0 unspecified atom stereocenters. The molecule has 0 radical (unpaired) electrons. The number of aliphatic hydroxyl groups excluding tert-OH is 1. The number of aromatic nitrogens is 1. The molecule has 0 aliphatic carbocycles. The van der Waals surface area contributed by atoms with E-state index in [9.17, 15) is 23.5 Å². The number of hydrogen-bond acceptors (Lipinski definition) is 6. The van der Waals surface area contributed by atoms with Crippen molar-refractivity contribution in [2.45, 2.75) is 63.3 Å². The minimum Gasteiger partial charge on any atom is -0.389 e. The highest BCUT2D eigenvalue weighted by atomic mass is 32.1. The van der Waals surface area contributed by atoms with Gasteiger partial charge in [0.2, 0.25) is 0 Å². The van der Waals surface area contributed by atoms with E-state index in [1.807, 2.05) is 17.2 Å². The summed E-state index contributed by atoms with van der Waals surface area (Å²) in [5, 5.41) is 20.1. The van der Waals surface area contributed by atoms with Crippen LogP contribution in [-0.4, -0.2) is 58.1 Å². The zero-order valence-corrected chi connectivity index (χ0v) is 22.5. The summed E-state index contributed by atoms with van der Waals surface area (Å²) in [6.07, 6.45) is 2.41. The van der Waals surface area contributed by atoms with Gasteiger partial charge in [-0.25, -0.2) is 13.8 Å². The van der Waals surface area contributed by atoms with Crippen LogP contribution in [0.4, 0.5) is 8.78 Å². The van der Waals surface area contributed by atoms with Crippen molar-refractivity contribution in [1.82, 2.24) is 20.5 Å². The van der Waals surface area contributed by atoms with Crippen molar-refractivity contribution in [1.29, 1.82) is 0 Å². The van der Waals surface area contributed by atoms with Gasteiger partial charge in [0.25, 0.3) is 11.8 Å². The molecule has 0 saturated carbocycles. The number of nitrogens with one attached hydrogen (secondary N) is 2. The van der Waals surface area contributed by atoms with Crippen molar-refractivity contribution in [2.24, 2.45) is 0 Å². The Bertz CT molecular complexity index is 1320. The van der Waals surface area contributed by atoms with Gasteiger partial charge in [0, 0.05) is 40.9 Å². The van der Waals surface area contributed by atoms with Crippen molar-refractivity contribution < 1.29 is 23.5 Å². The smallest absolute Gasteiger partial charge is 0.254 e. The van der Waals surface area contributed by atoms with Gasteiger partial charge in [-0.3, -0.25) is 9.59 Å². The Morgan fingerprint density at radius 3 is 2.62 bits per heavy atom. The Hall–Kier alpha value is -3.21. The summed E-state index contributed by atoms with van der Waals surface area (Å²) in [4.78, 5) is 33.2. The van der Waals surface area contributed by atoms with Crippen LogP contribution >= 0.6 is 11.3 Å². The van der Waals surface area contributed by atoms with Gasteiger partial charge in [-0.2, -0.15) is 0 Å². The molecule has 3 N–H and O–H groups in total. The van der Waals surface area contributed by atoms with Crippen LogP contribution in [0.2, 0.25) is 0 Å². The van der Waals surface area contributed by atoms with Crippen LogP contribution in [0.15, 0.2) is 47.8 Å². The highest BCUT2D eigenvalue weighted by Gasteiger charge is 2.34. The summed E-state index contributed by atoms with van der Waals surface area (Å²) < 4.78 is 27.7. The first-order chi connectivity index (χ1) is 18.8. The van der Waals surface area contributed by atoms with Crippen LogP contribution in [0.25, 0.3) is 0 Å². The predicted octanol–water partition coefficient (Wildman–Crippen LogP) is 4.16. The second-order valence-corrected chi connectivity index (χ2v) is 11.2. The van der Waals surface area contributed by atoms with Crippen LogP contribution in [0.5, 0.6) is 0 Å². The van der Waals surface area contributed by atoms with Gasteiger partial charge in [-0.15, -0.1) is 11.3 Å². The zero-order valence-electron chi connectivity index (χ0n) is 21.7. The molecule has 0 bridgehead atoms. The number of aryl methyl sites for hydroxylation is 1. The first kappa shape index (κ1) is 27.4. The average Bonchev–Trinajstić information content (AvgIpc) is 3.69. The van der Waals surface area contributed by atoms with E-state index in [4.69, 9.17) is 0 Å². The van der Waals surface area contributed by atoms with E-state index in [1.54, 1.807) is 35.6 Å². The molecule has 3 aromatic rings. The van der Waals surface area contributed by atoms with Crippen LogP contribution < -0.4 is 10.6 Å². The van der Waals surface area contributed by atoms with Crippen LogP contribution in [0.1, 0.15) is 68.7 Å². The number of aliphatic hydroxyl groups is 1. The van der Waals surface area contributed by atoms with E-state index < -0.39 is 29.7 Å². The molecule has 206 valence electrons. The molecule has 2 aliphatic rings. The topological polar surface area (TPSA) is 94.6 Å². The van der Waals surface area contributed by atoms with E-state index >= 15 is 0 Å². The fraction of sp³-hybridized carbons (Fsp3) is 0.414. The highest BCUT2D eigenvalue weighted by Crippen LogP contribution is 2.34. The monoisotopic (exact) mass is 554 g/mol. The number of hydrogen-bond donors (Lipinski definition) is 3. The zero-order chi connectivity index (χ0) is 27.5. The Labute approximate surface area is 230 Å². The summed E-state index contributed by atoms with van der Waals surface area (Å²) in [5.74, 6) is -2.08. The summed E-state index contributed by atoms with van der Waals surface area (Å²) in [7, 11) is 0. The Morgan fingerprint density at radius 1 is 1.15 bits per heavy atom. The van der Waals surface area contributed by atoms with Crippen molar-refractivity contribution in [3.8, 4) is 0 Å². The van der Waals surface area contributed by atoms with Crippen LogP contribution in [0, 0.1) is 18.6 Å². The van der Waals surface area contributed by atoms with Gasteiger partial charge in [-0.1, -0.05) is 6.07 Å². The van der Waals surface area contributed by atoms with Crippen molar-refractivity contribution in [3.63, 3.8) is 0 Å². The lowest BCUT2D eigenvalue weighted by Crippen LogP contribution is -2.52. The lowest BCUT2D eigenvalue weighted by molar-refractivity contribution is 0.0733. The number of amides is 2. The Morgan fingerprint density at radius 2 is 1.92 bits per heavy atom. The van der Waals surface area contributed by atoms with Gasteiger partial charge in [-0.05, 0) is 81.5 Å². The fourth-order valence-corrected chi connectivity index (χ4v) is 6.47. The van der Waals surface area contributed by atoms with Gasteiger partial charge in [0.15, 0.2) is 0 Å². The molecule has 4 atom stereocenters. The molecule has 39 heavy (non-hydrogen) atoms. The SMILES string of the molecule is Cc1csc([C@H]2CCCN2C(=O)c2cccc(C(=O)N[C@@H](Cc3cc(F)cc(F)c3)[C@@H](O)[C@H]3CCCN3)c2)n1. The standard InChI is InChI=1S/C29H32F2N4O3S/c1-17-16-39-28(33-17)25-8-4-10-35(25)29(38)20-6-2-5-19(14-20)27(37)34-24(26(36)23-7-3-9-32-23)13-18-11-21(30)15-22(31)12-18/h2,5-6,11-12,14-16,23-26,32,36H,3-4,7-10,13H2,1H3,(H,34,37)/t23-,24+,25-,26+/m1/s1. The van der Waals surface area contributed by atoms with Crippen molar-refractivity contribution in [2.75, 3.05) is 13.1 Å². The largest absolute Gasteiger partial charge is 0.389 e. The second-order valence-electron chi connectivity index (χ2n) is 10.3. The van der Waals surface area contributed by atoms with E-state index in [2.05, 4.69) is 15.6 Å². The minimum absolute atomic E-state index is 0.0427. The van der Waals surface area contributed by atoms with Crippen molar-refractivity contribution in [3.05, 3.63) is 86.9 Å². The van der Waals surface area contributed by atoms with Gasteiger partial charge in [0.1, 0.15) is 16.6 Å². The van der Waals surface area contributed by atoms with Gasteiger partial charge < -0.3 is 20.6 Å². The molecule has 3 heterocycles. The normalized spacial score (nSPS) is 20.7. The molecule has 2 aromatic carbocycles. The van der Waals surface area contributed by atoms with E-state index in [-0.39, 0.29) is 30.0 Å². The lowest BCUT2D eigenvalue weighted by atomic mass is 9.95. The van der Waals surface area contributed by atoms with Gasteiger partial charge in [0.05, 0.1) is 18.2 Å².